The average Bonchev–Trinajstić information content (AvgIpc) is 1.67. The third-order valence-corrected chi connectivity index (χ3v) is 1.17. The molecule has 8 heavy (non-hydrogen) atoms. The fourth-order valence-corrected chi connectivity index (χ4v) is 0.526. The lowest BCUT2D eigenvalue weighted by Crippen LogP contribution is -2.45. The van der Waals surface area contributed by atoms with Crippen molar-refractivity contribution in [3.05, 3.63) is 0 Å². The summed E-state index contributed by atoms with van der Waals surface area (Å²) in [4.78, 5) is 0. The van der Waals surface area contributed by atoms with Gasteiger partial charge in [0.25, 0.3) is 0 Å². The Hall–Kier alpha value is 0.0899. The molecule has 0 amide bonds. The minimum absolute atomic E-state index is 0.283. The summed E-state index contributed by atoms with van der Waals surface area (Å²) < 4.78 is 0. The molecule has 0 saturated carbocycles. The zero-order valence-corrected chi connectivity index (χ0v) is 5.86. The summed E-state index contributed by atoms with van der Waals surface area (Å²) >= 11 is 0. The van der Waals surface area contributed by atoms with Gasteiger partial charge in [-0.2, -0.15) is 0 Å². The van der Waals surface area contributed by atoms with Gasteiger partial charge in [0, 0.05) is 0 Å². The van der Waals surface area contributed by atoms with E-state index in [1.807, 2.05) is 21.3 Å². The van der Waals surface area contributed by atoms with E-state index in [4.69, 9.17) is 7.85 Å². The molecule has 0 heterocycles. The highest BCUT2D eigenvalue weighted by Gasteiger charge is 2.12. The van der Waals surface area contributed by atoms with Crippen molar-refractivity contribution in [1.29, 1.82) is 0 Å². The molecule has 0 rings (SSSR count). The summed E-state index contributed by atoms with van der Waals surface area (Å²) in [5.74, 6) is 0. The van der Waals surface area contributed by atoms with Crippen molar-refractivity contribution < 1.29 is 0 Å². The fourth-order valence-electron chi connectivity index (χ4n) is 0.526. The first kappa shape index (κ1) is 8.09. The molecule has 0 aromatic carbocycles. The standard InChI is InChI=1S/C5H12B2N/c1-4-7-5(2,6)8-3/h8H,4H2,1-3H3. The summed E-state index contributed by atoms with van der Waals surface area (Å²) in [5.41, 5.74) is 0. The second-order valence-corrected chi connectivity index (χ2v) is 2.15. The van der Waals surface area contributed by atoms with Gasteiger partial charge in [0.05, 0.1) is 7.85 Å². The second kappa shape index (κ2) is 3.18. The van der Waals surface area contributed by atoms with Gasteiger partial charge in [-0.05, 0) is 7.05 Å². The second-order valence-electron chi connectivity index (χ2n) is 2.15. The van der Waals surface area contributed by atoms with Crippen LogP contribution < -0.4 is 5.32 Å². The van der Waals surface area contributed by atoms with Crippen LogP contribution in [0.3, 0.4) is 0 Å². The molecule has 0 fully saturated rings. The van der Waals surface area contributed by atoms with Gasteiger partial charge < -0.3 is 5.32 Å². The molecule has 0 saturated heterocycles. The van der Waals surface area contributed by atoms with E-state index < -0.39 is 0 Å². The van der Waals surface area contributed by atoms with Crippen LogP contribution >= 0.6 is 0 Å². The Morgan fingerprint density at radius 2 is 2.25 bits per heavy atom. The van der Waals surface area contributed by atoms with Crippen molar-refractivity contribution in [2.45, 2.75) is 25.5 Å². The van der Waals surface area contributed by atoms with Crippen LogP contribution in [0.5, 0.6) is 0 Å². The molecular formula is C5H12B2N. The third-order valence-electron chi connectivity index (χ3n) is 1.17. The highest BCUT2D eigenvalue weighted by atomic mass is 14.9. The maximum absolute atomic E-state index is 5.66. The Balaban J connectivity index is 3.37. The van der Waals surface area contributed by atoms with Gasteiger partial charge in [-0.3, -0.25) is 0 Å². The van der Waals surface area contributed by atoms with Crippen molar-refractivity contribution >= 4 is 15.1 Å². The van der Waals surface area contributed by atoms with E-state index in [-0.39, 0.29) is 5.34 Å². The van der Waals surface area contributed by atoms with Crippen LogP contribution in [0.25, 0.3) is 0 Å². The molecule has 1 N–H and O–H groups in total. The molecule has 3 heteroatoms. The van der Waals surface area contributed by atoms with Crippen LogP contribution in [0.4, 0.5) is 0 Å². The summed E-state index contributed by atoms with van der Waals surface area (Å²) in [6.07, 6.45) is 1.01. The first-order chi connectivity index (χ1) is 3.62. The van der Waals surface area contributed by atoms with Crippen LogP contribution in [-0.2, 0) is 0 Å². The summed E-state index contributed by atoms with van der Waals surface area (Å²) in [7, 11) is 9.55. The highest BCUT2D eigenvalue weighted by Crippen LogP contribution is 1.94. The highest BCUT2D eigenvalue weighted by molar-refractivity contribution is 6.53. The van der Waals surface area contributed by atoms with Crippen LogP contribution in [0, 0.1) is 0 Å². The van der Waals surface area contributed by atoms with Crippen LogP contribution in [-0.4, -0.2) is 27.5 Å². The van der Waals surface area contributed by atoms with Gasteiger partial charge >= 0.3 is 0 Å². The van der Waals surface area contributed by atoms with E-state index in [1.54, 1.807) is 0 Å². The molecule has 0 spiro atoms. The summed E-state index contributed by atoms with van der Waals surface area (Å²) in [6.45, 7) is 4.01. The van der Waals surface area contributed by atoms with Gasteiger partial charge in [0.1, 0.15) is 7.28 Å². The quantitative estimate of drug-likeness (QED) is 0.508. The minimum atomic E-state index is -0.283. The van der Waals surface area contributed by atoms with Crippen molar-refractivity contribution in [3.63, 3.8) is 0 Å². The van der Waals surface area contributed by atoms with Gasteiger partial charge in [-0.1, -0.05) is 25.5 Å². The van der Waals surface area contributed by atoms with E-state index >= 15 is 0 Å². The molecule has 43 valence electrons. The Morgan fingerprint density at radius 3 is 2.38 bits per heavy atom. The SMILES string of the molecule is [B]C(C)([B]CC)NC. The molecular weight excluding hydrogens is 95.7 g/mol. The normalized spacial score (nSPS) is 17.4. The monoisotopic (exact) mass is 108 g/mol. The lowest BCUT2D eigenvalue weighted by Gasteiger charge is -2.22. The van der Waals surface area contributed by atoms with E-state index in [0.717, 1.165) is 6.32 Å². The van der Waals surface area contributed by atoms with Crippen LogP contribution in [0.15, 0.2) is 0 Å². The fraction of sp³-hybridized carbons (Fsp3) is 1.00. The Morgan fingerprint density at radius 1 is 1.75 bits per heavy atom. The van der Waals surface area contributed by atoms with Crippen molar-refractivity contribution in [1.82, 2.24) is 5.32 Å². The molecule has 0 aromatic rings. The predicted octanol–water partition coefficient (Wildman–Crippen LogP) is 0.190. The predicted molar refractivity (Wildman–Crippen MR) is 39.5 cm³/mol. The Bertz CT molecular complexity index is 63.4. The maximum atomic E-state index is 5.66. The molecule has 0 aliphatic rings. The van der Waals surface area contributed by atoms with Gasteiger partial charge in [-0.15, -0.1) is 0 Å². The number of rotatable bonds is 3. The number of hydrogen-bond acceptors (Lipinski definition) is 1. The smallest absolute Gasteiger partial charge is 0.123 e. The maximum Gasteiger partial charge on any atom is 0.123 e. The molecule has 1 nitrogen and oxygen atoms in total. The van der Waals surface area contributed by atoms with E-state index in [2.05, 4.69) is 12.2 Å². The molecule has 0 aliphatic carbocycles. The first-order valence-electron chi connectivity index (χ1n) is 2.94. The van der Waals surface area contributed by atoms with Crippen molar-refractivity contribution in [2.75, 3.05) is 7.05 Å². The van der Waals surface area contributed by atoms with Gasteiger partial charge in [-0.25, -0.2) is 0 Å². The van der Waals surface area contributed by atoms with E-state index in [0.29, 0.717) is 0 Å². The third kappa shape index (κ3) is 3.14. The van der Waals surface area contributed by atoms with E-state index in [9.17, 15) is 0 Å². The molecule has 0 aliphatic heterocycles. The van der Waals surface area contributed by atoms with Crippen molar-refractivity contribution in [3.8, 4) is 0 Å². The zero-order chi connectivity index (χ0) is 6.62. The summed E-state index contributed by atoms with van der Waals surface area (Å²) in [5, 5.41) is 2.68. The number of hydrogen-bond donors (Lipinski definition) is 1. The van der Waals surface area contributed by atoms with Crippen LogP contribution in [0.2, 0.25) is 6.32 Å². The largest absolute Gasteiger partial charge is 0.330 e. The van der Waals surface area contributed by atoms with Crippen LogP contribution in [0.1, 0.15) is 13.8 Å². The molecule has 3 radical (unpaired) electrons. The molecule has 0 bridgehead atoms. The zero-order valence-electron chi connectivity index (χ0n) is 5.86. The minimum Gasteiger partial charge on any atom is -0.330 e. The Kier molecular flexibility index (Phi) is 3.22. The molecule has 1 atom stereocenters. The lowest BCUT2D eigenvalue weighted by molar-refractivity contribution is 0.714. The Labute approximate surface area is 53.9 Å². The topological polar surface area (TPSA) is 12.0 Å². The first-order valence-corrected chi connectivity index (χ1v) is 2.94. The average molecular weight is 108 g/mol. The molecule has 0 aromatic heterocycles. The van der Waals surface area contributed by atoms with Crippen molar-refractivity contribution in [2.24, 2.45) is 0 Å². The lowest BCUT2D eigenvalue weighted by atomic mass is 9.48. The van der Waals surface area contributed by atoms with Gasteiger partial charge in [0.2, 0.25) is 0 Å². The van der Waals surface area contributed by atoms with Gasteiger partial charge in [0.15, 0.2) is 0 Å². The van der Waals surface area contributed by atoms with E-state index in [1.165, 1.54) is 0 Å². The summed E-state index contributed by atoms with van der Waals surface area (Å²) in [6, 6.07) is 0. The number of nitrogens with one attached hydrogen (secondary N) is 1. The molecule has 1 unspecified atom stereocenters.